The molecule has 0 bridgehead atoms. The lowest BCUT2D eigenvalue weighted by Gasteiger charge is -2.08. The van der Waals surface area contributed by atoms with Crippen molar-refractivity contribution in [2.75, 3.05) is 6.61 Å². The van der Waals surface area contributed by atoms with E-state index in [0.717, 1.165) is 0 Å². The van der Waals surface area contributed by atoms with Gasteiger partial charge in [0.25, 0.3) is 6.43 Å². The molecule has 0 N–H and O–H groups in total. The van der Waals surface area contributed by atoms with Crippen molar-refractivity contribution in [3.63, 3.8) is 0 Å². The third kappa shape index (κ3) is 2.61. The number of para-hydroxylation sites is 1. The molecule has 0 unspecified atom stereocenters. The highest BCUT2D eigenvalue weighted by Gasteiger charge is 2.09. The number of rotatable bonds is 3. The van der Waals surface area contributed by atoms with Gasteiger partial charge in [0.1, 0.15) is 6.61 Å². The summed E-state index contributed by atoms with van der Waals surface area (Å²) in [7, 11) is 0. The smallest absolute Gasteiger partial charge is 0.272 e. The Balaban J connectivity index is 2.89. The molecule has 4 heteroatoms. The van der Waals surface area contributed by atoms with Gasteiger partial charge in [-0.2, -0.15) is 0 Å². The molecular formula is C10H7ClF2O. The quantitative estimate of drug-likeness (QED) is 0.706. The van der Waals surface area contributed by atoms with Crippen LogP contribution in [0.4, 0.5) is 8.78 Å². The van der Waals surface area contributed by atoms with E-state index >= 15 is 0 Å². The zero-order chi connectivity index (χ0) is 10.6. The topological polar surface area (TPSA) is 9.23 Å². The fourth-order valence-electron chi connectivity index (χ4n) is 0.916. The van der Waals surface area contributed by atoms with Gasteiger partial charge in [0, 0.05) is 0 Å². The van der Waals surface area contributed by atoms with Crippen LogP contribution < -0.4 is 4.74 Å². The van der Waals surface area contributed by atoms with E-state index in [1.54, 1.807) is 12.1 Å². The van der Waals surface area contributed by atoms with Gasteiger partial charge in [-0.15, -0.1) is 6.42 Å². The van der Waals surface area contributed by atoms with Gasteiger partial charge in [0.05, 0.1) is 10.6 Å². The zero-order valence-electron chi connectivity index (χ0n) is 7.14. The SMILES string of the molecule is C#Cc1cccc(Cl)c1OCC(F)F. The van der Waals surface area contributed by atoms with Crippen LogP contribution in [-0.2, 0) is 0 Å². The number of alkyl halides is 2. The van der Waals surface area contributed by atoms with Gasteiger partial charge in [-0.05, 0) is 12.1 Å². The van der Waals surface area contributed by atoms with E-state index in [1.807, 2.05) is 0 Å². The first-order chi connectivity index (χ1) is 6.65. The van der Waals surface area contributed by atoms with Crippen molar-refractivity contribution in [2.24, 2.45) is 0 Å². The van der Waals surface area contributed by atoms with E-state index in [2.05, 4.69) is 5.92 Å². The second-order valence-corrected chi connectivity index (χ2v) is 2.87. The molecule has 1 rings (SSSR count). The summed E-state index contributed by atoms with van der Waals surface area (Å²) in [5.74, 6) is 2.44. The second-order valence-electron chi connectivity index (χ2n) is 2.46. The highest BCUT2D eigenvalue weighted by molar-refractivity contribution is 6.32. The summed E-state index contributed by atoms with van der Waals surface area (Å²) >= 11 is 5.73. The molecule has 0 aliphatic heterocycles. The lowest BCUT2D eigenvalue weighted by molar-refractivity contribution is 0.0818. The molecule has 0 aliphatic carbocycles. The monoisotopic (exact) mass is 216 g/mol. The van der Waals surface area contributed by atoms with Crippen molar-refractivity contribution in [1.82, 2.24) is 0 Å². The maximum Gasteiger partial charge on any atom is 0.272 e. The van der Waals surface area contributed by atoms with E-state index in [0.29, 0.717) is 5.56 Å². The molecule has 0 fully saturated rings. The summed E-state index contributed by atoms with van der Waals surface area (Å²) in [4.78, 5) is 0. The van der Waals surface area contributed by atoms with Crippen LogP contribution in [0.2, 0.25) is 5.02 Å². The van der Waals surface area contributed by atoms with Crippen LogP contribution in [0.5, 0.6) is 5.75 Å². The first-order valence-electron chi connectivity index (χ1n) is 3.81. The summed E-state index contributed by atoms with van der Waals surface area (Å²) < 4.78 is 28.5. The molecule has 14 heavy (non-hydrogen) atoms. The van der Waals surface area contributed by atoms with E-state index < -0.39 is 13.0 Å². The van der Waals surface area contributed by atoms with E-state index in [1.165, 1.54) is 6.07 Å². The molecule has 0 aromatic heterocycles. The summed E-state index contributed by atoms with van der Waals surface area (Å²) in [6, 6.07) is 4.74. The predicted molar refractivity (Wildman–Crippen MR) is 50.9 cm³/mol. The molecule has 0 amide bonds. The summed E-state index contributed by atoms with van der Waals surface area (Å²) in [6.45, 7) is -0.710. The Morgan fingerprint density at radius 2 is 2.21 bits per heavy atom. The Hall–Kier alpha value is -1.27. The van der Waals surface area contributed by atoms with Crippen molar-refractivity contribution in [2.45, 2.75) is 6.43 Å². The number of hydrogen-bond donors (Lipinski definition) is 0. The van der Waals surface area contributed by atoms with Crippen LogP contribution >= 0.6 is 11.6 Å². The van der Waals surface area contributed by atoms with Gasteiger partial charge in [-0.25, -0.2) is 8.78 Å². The molecule has 1 aromatic carbocycles. The average molecular weight is 217 g/mol. The standard InChI is InChI=1S/C10H7ClF2O/c1-2-7-4-3-5-8(11)10(7)14-6-9(12)13/h1,3-5,9H,6H2. The first-order valence-corrected chi connectivity index (χ1v) is 4.19. The van der Waals surface area contributed by atoms with Gasteiger partial charge < -0.3 is 4.74 Å². The maximum atomic E-state index is 11.9. The largest absolute Gasteiger partial charge is 0.485 e. The highest BCUT2D eigenvalue weighted by Crippen LogP contribution is 2.28. The molecule has 0 heterocycles. The van der Waals surface area contributed by atoms with Crippen LogP contribution in [0.3, 0.4) is 0 Å². The van der Waals surface area contributed by atoms with E-state index in [4.69, 9.17) is 22.8 Å². The average Bonchev–Trinajstić information content (AvgIpc) is 2.15. The van der Waals surface area contributed by atoms with Crippen LogP contribution in [0.1, 0.15) is 5.56 Å². The minimum atomic E-state index is -2.54. The van der Waals surface area contributed by atoms with Crippen LogP contribution in [-0.4, -0.2) is 13.0 Å². The van der Waals surface area contributed by atoms with Gasteiger partial charge in [0.2, 0.25) is 0 Å². The van der Waals surface area contributed by atoms with Crippen LogP contribution in [0.25, 0.3) is 0 Å². The Morgan fingerprint density at radius 1 is 1.50 bits per heavy atom. The molecular weight excluding hydrogens is 210 g/mol. The number of ether oxygens (including phenoxy) is 1. The Kier molecular flexibility index (Phi) is 3.73. The molecule has 0 atom stereocenters. The summed E-state index contributed by atoms with van der Waals surface area (Å²) in [5, 5.41) is 0.237. The fraction of sp³-hybridized carbons (Fsp3) is 0.200. The van der Waals surface area contributed by atoms with Crippen molar-refractivity contribution in [3.8, 4) is 18.1 Å². The normalized spacial score (nSPS) is 9.93. The lowest BCUT2D eigenvalue weighted by Crippen LogP contribution is -2.08. The third-order valence-corrected chi connectivity index (χ3v) is 1.77. The summed E-state index contributed by atoms with van der Waals surface area (Å²) in [5.41, 5.74) is 0.373. The van der Waals surface area contributed by atoms with Gasteiger partial charge in [0.15, 0.2) is 5.75 Å². The maximum absolute atomic E-state index is 11.9. The lowest BCUT2D eigenvalue weighted by atomic mass is 10.2. The number of hydrogen-bond acceptors (Lipinski definition) is 1. The molecule has 0 saturated carbocycles. The van der Waals surface area contributed by atoms with Crippen LogP contribution in [0, 0.1) is 12.3 Å². The molecule has 0 radical (unpaired) electrons. The number of halogens is 3. The minimum absolute atomic E-state index is 0.136. The molecule has 1 aromatic rings. The van der Waals surface area contributed by atoms with Crippen LogP contribution in [0.15, 0.2) is 18.2 Å². The molecule has 0 saturated heterocycles. The van der Waals surface area contributed by atoms with Crippen molar-refractivity contribution in [3.05, 3.63) is 28.8 Å². The second kappa shape index (κ2) is 4.83. The molecule has 1 nitrogen and oxygen atoms in total. The highest BCUT2D eigenvalue weighted by atomic mass is 35.5. The van der Waals surface area contributed by atoms with Crippen molar-refractivity contribution in [1.29, 1.82) is 0 Å². The van der Waals surface area contributed by atoms with Crippen molar-refractivity contribution < 1.29 is 13.5 Å². The zero-order valence-corrected chi connectivity index (χ0v) is 7.89. The predicted octanol–water partition coefficient (Wildman–Crippen LogP) is 2.97. The Labute approximate surface area is 85.6 Å². The van der Waals surface area contributed by atoms with E-state index in [9.17, 15) is 8.78 Å². The number of terminal acetylenes is 1. The first kappa shape index (κ1) is 10.8. The third-order valence-electron chi connectivity index (χ3n) is 1.48. The number of benzene rings is 1. The molecule has 0 spiro atoms. The molecule has 74 valence electrons. The molecule has 0 aliphatic rings. The van der Waals surface area contributed by atoms with Gasteiger partial charge in [-0.3, -0.25) is 0 Å². The van der Waals surface area contributed by atoms with Gasteiger partial charge in [-0.1, -0.05) is 23.6 Å². The summed E-state index contributed by atoms with van der Waals surface area (Å²) in [6.07, 6.45) is 2.61. The van der Waals surface area contributed by atoms with E-state index in [-0.39, 0.29) is 10.8 Å². The Morgan fingerprint density at radius 3 is 2.79 bits per heavy atom. The minimum Gasteiger partial charge on any atom is -0.485 e. The van der Waals surface area contributed by atoms with Crippen molar-refractivity contribution >= 4 is 11.6 Å². The fourth-order valence-corrected chi connectivity index (χ4v) is 1.14. The Bertz CT molecular complexity index is 358. The van der Waals surface area contributed by atoms with Gasteiger partial charge >= 0.3 is 0 Å².